The molecule has 1 saturated heterocycles. The summed E-state index contributed by atoms with van der Waals surface area (Å²) in [5.74, 6) is -0.135. The van der Waals surface area contributed by atoms with Gasteiger partial charge in [-0.15, -0.1) is 0 Å². The molecule has 1 aliphatic heterocycles. The van der Waals surface area contributed by atoms with Gasteiger partial charge in [0, 0.05) is 18.5 Å². The third-order valence-electron chi connectivity index (χ3n) is 4.14. The Labute approximate surface area is 110 Å². The second-order valence-electron chi connectivity index (χ2n) is 5.55. The zero-order valence-corrected chi connectivity index (χ0v) is 11.3. The first-order valence-corrected chi connectivity index (χ1v) is 7.24. The largest absolute Gasteiger partial charge is 0.315 e. The number of hydrogen-bond acceptors (Lipinski definition) is 1. The quantitative estimate of drug-likeness (QED) is 0.719. The Morgan fingerprint density at radius 2 is 1.72 bits per heavy atom. The molecule has 0 spiro atoms. The molecule has 1 heterocycles. The Morgan fingerprint density at radius 3 is 2.28 bits per heavy atom. The van der Waals surface area contributed by atoms with E-state index in [1.165, 1.54) is 44.1 Å². The molecule has 0 atom stereocenters. The van der Waals surface area contributed by atoms with Crippen molar-refractivity contribution in [3.05, 3.63) is 35.6 Å². The predicted octanol–water partition coefficient (Wildman–Crippen LogP) is 4.03. The van der Waals surface area contributed by atoms with Gasteiger partial charge in [-0.2, -0.15) is 0 Å². The van der Waals surface area contributed by atoms with Crippen LogP contribution in [0.2, 0.25) is 0 Å². The monoisotopic (exact) mass is 249 g/mol. The minimum absolute atomic E-state index is 0.135. The average Bonchev–Trinajstić information content (AvgIpc) is 2.33. The van der Waals surface area contributed by atoms with E-state index in [9.17, 15) is 4.39 Å². The standard InChI is InChI=1S/C16H24FN/c1-2-3-4-5-6-11-16(12-18-13-16)14-7-9-15(17)10-8-14/h7-10,18H,2-6,11-13H2,1H3. The van der Waals surface area contributed by atoms with Gasteiger partial charge in [-0.05, 0) is 24.1 Å². The van der Waals surface area contributed by atoms with E-state index in [1.807, 2.05) is 12.1 Å². The van der Waals surface area contributed by atoms with E-state index >= 15 is 0 Å². The molecule has 0 aromatic heterocycles. The van der Waals surface area contributed by atoms with Crippen LogP contribution < -0.4 is 5.32 Å². The number of halogens is 1. The summed E-state index contributed by atoms with van der Waals surface area (Å²) in [6.45, 7) is 4.34. The fourth-order valence-corrected chi connectivity index (χ4v) is 2.82. The number of rotatable bonds is 7. The second kappa shape index (κ2) is 6.33. The highest BCUT2D eigenvalue weighted by atomic mass is 19.1. The maximum Gasteiger partial charge on any atom is 0.123 e. The molecule has 2 heteroatoms. The Hall–Kier alpha value is -0.890. The smallest absolute Gasteiger partial charge is 0.123 e. The van der Waals surface area contributed by atoms with Crippen molar-refractivity contribution in [3.63, 3.8) is 0 Å². The number of benzene rings is 1. The fraction of sp³-hybridized carbons (Fsp3) is 0.625. The van der Waals surface area contributed by atoms with Crippen molar-refractivity contribution in [3.8, 4) is 0 Å². The first-order chi connectivity index (χ1) is 8.77. The molecule has 0 radical (unpaired) electrons. The first-order valence-electron chi connectivity index (χ1n) is 7.24. The van der Waals surface area contributed by atoms with Gasteiger partial charge in [0.05, 0.1) is 0 Å². The zero-order valence-electron chi connectivity index (χ0n) is 11.3. The van der Waals surface area contributed by atoms with Crippen molar-refractivity contribution >= 4 is 0 Å². The minimum Gasteiger partial charge on any atom is -0.315 e. The van der Waals surface area contributed by atoms with Gasteiger partial charge < -0.3 is 5.32 Å². The SMILES string of the molecule is CCCCCCCC1(c2ccc(F)cc2)CNC1. The van der Waals surface area contributed by atoms with Crippen LogP contribution in [0.3, 0.4) is 0 Å². The number of hydrogen-bond donors (Lipinski definition) is 1. The van der Waals surface area contributed by atoms with Gasteiger partial charge in [0.2, 0.25) is 0 Å². The van der Waals surface area contributed by atoms with Crippen LogP contribution >= 0.6 is 0 Å². The highest BCUT2D eigenvalue weighted by molar-refractivity contribution is 5.29. The molecule has 2 rings (SSSR count). The fourth-order valence-electron chi connectivity index (χ4n) is 2.82. The third-order valence-corrected chi connectivity index (χ3v) is 4.14. The lowest BCUT2D eigenvalue weighted by atomic mass is 9.71. The Kier molecular flexibility index (Phi) is 4.76. The van der Waals surface area contributed by atoms with Gasteiger partial charge in [-0.1, -0.05) is 51.2 Å². The van der Waals surface area contributed by atoms with E-state index in [4.69, 9.17) is 0 Å². The first kappa shape index (κ1) is 13.5. The van der Waals surface area contributed by atoms with Crippen LogP contribution in [-0.2, 0) is 5.41 Å². The summed E-state index contributed by atoms with van der Waals surface area (Å²) < 4.78 is 13.0. The van der Waals surface area contributed by atoms with Crippen molar-refractivity contribution in [1.29, 1.82) is 0 Å². The summed E-state index contributed by atoms with van der Waals surface area (Å²) in [6, 6.07) is 7.10. The van der Waals surface area contributed by atoms with Gasteiger partial charge in [-0.25, -0.2) is 4.39 Å². The van der Waals surface area contributed by atoms with Crippen molar-refractivity contribution in [2.24, 2.45) is 0 Å². The van der Waals surface area contributed by atoms with Crippen LogP contribution in [0, 0.1) is 5.82 Å². The molecule has 1 aromatic rings. The molecule has 1 N–H and O–H groups in total. The van der Waals surface area contributed by atoms with Crippen LogP contribution in [0.4, 0.5) is 4.39 Å². The molecule has 1 aromatic carbocycles. The molecule has 0 bridgehead atoms. The van der Waals surface area contributed by atoms with Gasteiger partial charge in [-0.3, -0.25) is 0 Å². The highest BCUT2D eigenvalue weighted by Gasteiger charge is 2.37. The summed E-state index contributed by atoms with van der Waals surface area (Å²) in [5.41, 5.74) is 1.58. The van der Waals surface area contributed by atoms with Crippen molar-refractivity contribution in [2.45, 2.75) is 50.9 Å². The van der Waals surface area contributed by atoms with Crippen LogP contribution in [0.5, 0.6) is 0 Å². The average molecular weight is 249 g/mol. The Morgan fingerprint density at radius 1 is 1.06 bits per heavy atom. The van der Waals surface area contributed by atoms with Gasteiger partial charge >= 0.3 is 0 Å². The molecular formula is C16H24FN. The lowest BCUT2D eigenvalue weighted by Gasteiger charge is -2.43. The van der Waals surface area contributed by atoms with E-state index in [1.54, 1.807) is 12.1 Å². The van der Waals surface area contributed by atoms with Gasteiger partial charge in [0.15, 0.2) is 0 Å². The normalized spacial score (nSPS) is 17.4. The molecule has 1 nitrogen and oxygen atoms in total. The summed E-state index contributed by atoms with van der Waals surface area (Å²) >= 11 is 0. The van der Waals surface area contributed by atoms with Gasteiger partial charge in [0.25, 0.3) is 0 Å². The second-order valence-corrected chi connectivity index (χ2v) is 5.55. The summed E-state index contributed by atoms with van der Waals surface area (Å²) in [5, 5.41) is 3.37. The maximum atomic E-state index is 13.0. The van der Waals surface area contributed by atoms with Gasteiger partial charge in [0.1, 0.15) is 5.82 Å². The van der Waals surface area contributed by atoms with Crippen molar-refractivity contribution < 1.29 is 4.39 Å². The Bertz CT molecular complexity index is 354. The maximum absolute atomic E-state index is 13.0. The van der Waals surface area contributed by atoms with Crippen LogP contribution in [0.15, 0.2) is 24.3 Å². The summed E-state index contributed by atoms with van der Waals surface area (Å²) in [6.07, 6.45) is 7.85. The van der Waals surface area contributed by atoms with E-state index in [0.29, 0.717) is 0 Å². The molecular weight excluding hydrogens is 225 g/mol. The van der Waals surface area contributed by atoms with E-state index in [2.05, 4.69) is 12.2 Å². The zero-order chi connectivity index (χ0) is 12.8. The highest BCUT2D eigenvalue weighted by Crippen LogP contribution is 2.34. The van der Waals surface area contributed by atoms with Crippen LogP contribution in [0.25, 0.3) is 0 Å². The summed E-state index contributed by atoms with van der Waals surface area (Å²) in [4.78, 5) is 0. The lowest BCUT2D eigenvalue weighted by molar-refractivity contribution is 0.249. The van der Waals surface area contributed by atoms with Crippen LogP contribution in [0.1, 0.15) is 51.0 Å². The molecule has 0 aliphatic carbocycles. The molecule has 100 valence electrons. The Balaban J connectivity index is 1.88. The minimum atomic E-state index is -0.135. The third kappa shape index (κ3) is 3.11. The molecule has 18 heavy (non-hydrogen) atoms. The van der Waals surface area contributed by atoms with E-state index in [0.717, 1.165) is 13.1 Å². The lowest BCUT2D eigenvalue weighted by Crippen LogP contribution is -2.56. The number of unbranched alkanes of at least 4 members (excludes halogenated alkanes) is 4. The van der Waals surface area contributed by atoms with E-state index in [-0.39, 0.29) is 11.2 Å². The van der Waals surface area contributed by atoms with Crippen molar-refractivity contribution in [1.82, 2.24) is 5.32 Å². The molecule has 0 amide bonds. The molecule has 1 aliphatic rings. The molecule has 1 fully saturated rings. The summed E-state index contributed by atoms with van der Waals surface area (Å²) in [7, 11) is 0. The molecule has 0 saturated carbocycles. The topological polar surface area (TPSA) is 12.0 Å². The van der Waals surface area contributed by atoms with Crippen LogP contribution in [-0.4, -0.2) is 13.1 Å². The van der Waals surface area contributed by atoms with E-state index < -0.39 is 0 Å². The number of nitrogens with one attached hydrogen (secondary N) is 1. The molecule has 0 unspecified atom stereocenters. The predicted molar refractivity (Wildman–Crippen MR) is 74.3 cm³/mol. The van der Waals surface area contributed by atoms with Crippen molar-refractivity contribution in [2.75, 3.05) is 13.1 Å².